The lowest BCUT2D eigenvalue weighted by atomic mass is 9.97. The van der Waals surface area contributed by atoms with Crippen molar-refractivity contribution < 1.29 is 54.7 Å². The van der Waals surface area contributed by atoms with E-state index in [1.807, 2.05) is 0 Å². The summed E-state index contributed by atoms with van der Waals surface area (Å²) < 4.78 is 22.0. The van der Waals surface area contributed by atoms with Crippen molar-refractivity contribution in [3.8, 4) is 0 Å². The highest BCUT2D eigenvalue weighted by atomic mass is 16.7. The van der Waals surface area contributed by atoms with Gasteiger partial charge in [0, 0.05) is 6.61 Å². The Morgan fingerprint density at radius 1 is 0.538 bits per heavy atom. The summed E-state index contributed by atoms with van der Waals surface area (Å²) >= 11 is 0. The van der Waals surface area contributed by atoms with Gasteiger partial charge in [0.2, 0.25) is 0 Å². The van der Waals surface area contributed by atoms with Crippen LogP contribution in [0.25, 0.3) is 0 Å². The zero-order valence-corrected chi connectivity index (χ0v) is 23.6. The van der Waals surface area contributed by atoms with Gasteiger partial charge in [-0.1, -0.05) is 90.4 Å². The molecule has 232 valence electrons. The fraction of sp³-hybridized carbons (Fsp3) is 1.00. The van der Waals surface area contributed by atoms with Crippen LogP contribution in [0, 0.1) is 0 Å². The normalized spacial score (nSPS) is 35.4. The minimum atomic E-state index is -1.72. The van der Waals surface area contributed by atoms with Gasteiger partial charge < -0.3 is 54.7 Å². The van der Waals surface area contributed by atoms with E-state index in [1.165, 1.54) is 70.6 Å². The van der Waals surface area contributed by atoms with Gasteiger partial charge in [-0.05, 0) is 6.42 Å². The average Bonchev–Trinajstić information content (AvgIpc) is 2.93. The van der Waals surface area contributed by atoms with Crippen molar-refractivity contribution in [2.45, 2.75) is 158 Å². The highest BCUT2D eigenvalue weighted by molar-refractivity contribution is 4.94. The molecule has 2 aliphatic heterocycles. The van der Waals surface area contributed by atoms with E-state index in [0.29, 0.717) is 6.61 Å². The minimum absolute atomic E-state index is 0.293. The molecule has 10 atom stereocenters. The number of aliphatic hydroxyl groups excluding tert-OH is 7. The summed E-state index contributed by atoms with van der Waals surface area (Å²) in [5.74, 6) is 0. The highest BCUT2D eigenvalue weighted by Gasteiger charge is 2.50. The Labute approximate surface area is 233 Å². The number of aliphatic hydroxyl groups is 7. The lowest BCUT2D eigenvalue weighted by Crippen LogP contribution is -2.64. The van der Waals surface area contributed by atoms with Gasteiger partial charge in [0.1, 0.15) is 48.8 Å². The molecule has 0 amide bonds. The largest absolute Gasteiger partial charge is 0.394 e. The first-order chi connectivity index (χ1) is 18.8. The van der Waals surface area contributed by atoms with E-state index in [0.717, 1.165) is 19.3 Å². The summed E-state index contributed by atoms with van der Waals surface area (Å²) in [6.07, 6.45) is 3.03. The molecule has 11 heteroatoms. The van der Waals surface area contributed by atoms with Crippen LogP contribution in [-0.2, 0) is 18.9 Å². The molecule has 0 saturated carbocycles. The predicted octanol–water partition coefficient (Wildman–Crippen LogP) is 1.11. The first-order valence-electron chi connectivity index (χ1n) is 15.1. The maximum atomic E-state index is 10.8. The Hall–Kier alpha value is -0.440. The molecule has 11 nitrogen and oxygen atoms in total. The molecular formula is C28H54O11. The molecule has 39 heavy (non-hydrogen) atoms. The number of rotatable bonds is 20. The molecular weight excluding hydrogens is 512 g/mol. The fourth-order valence-electron chi connectivity index (χ4n) is 5.27. The molecule has 2 saturated heterocycles. The first kappa shape index (κ1) is 34.8. The van der Waals surface area contributed by atoms with Gasteiger partial charge in [-0.15, -0.1) is 0 Å². The number of hydrogen-bond acceptors (Lipinski definition) is 11. The number of hydrogen-bond donors (Lipinski definition) is 7. The van der Waals surface area contributed by atoms with Crippen LogP contribution < -0.4 is 0 Å². The Bertz CT molecular complexity index is 610. The number of unbranched alkanes of at least 4 members (excludes halogenated alkanes) is 13. The molecule has 0 aromatic carbocycles. The topological polar surface area (TPSA) is 179 Å². The third kappa shape index (κ3) is 11.4. The Kier molecular flexibility index (Phi) is 17.5. The van der Waals surface area contributed by atoms with E-state index >= 15 is 0 Å². The van der Waals surface area contributed by atoms with Gasteiger partial charge in [-0.2, -0.15) is 0 Å². The van der Waals surface area contributed by atoms with Gasteiger partial charge >= 0.3 is 0 Å². The molecule has 2 aliphatic rings. The van der Waals surface area contributed by atoms with Crippen LogP contribution in [0.1, 0.15) is 96.8 Å². The lowest BCUT2D eigenvalue weighted by molar-refractivity contribution is -0.357. The molecule has 0 unspecified atom stereocenters. The van der Waals surface area contributed by atoms with Gasteiger partial charge in [-0.3, -0.25) is 0 Å². The van der Waals surface area contributed by atoms with Crippen molar-refractivity contribution in [1.82, 2.24) is 0 Å². The molecule has 0 aromatic heterocycles. The van der Waals surface area contributed by atoms with E-state index < -0.39 is 74.6 Å². The van der Waals surface area contributed by atoms with E-state index in [-0.39, 0.29) is 0 Å². The Balaban J connectivity index is 1.67. The van der Waals surface area contributed by atoms with Crippen LogP contribution in [-0.4, -0.2) is 117 Å². The van der Waals surface area contributed by atoms with E-state index in [2.05, 4.69) is 6.92 Å². The van der Waals surface area contributed by atoms with Gasteiger partial charge in [0.05, 0.1) is 13.2 Å². The van der Waals surface area contributed by atoms with E-state index in [1.54, 1.807) is 0 Å². The summed E-state index contributed by atoms with van der Waals surface area (Å²) in [5.41, 5.74) is 0. The molecule has 7 N–H and O–H groups in total. The quantitative estimate of drug-likeness (QED) is 0.105. The van der Waals surface area contributed by atoms with E-state index in [4.69, 9.17) is 18.9 Å². The Morgan fingerprint density at radius 3 is 1.56 bits per heavy atom. The van der Waals surface area contributed by atoms with Crippen molar-refractivity contribution in [3.63, 3.8) is 0 Å². The molecule has 0 aromatic rings. The molecule has 2 heterocycles. The lowest BCUT2D eigenvalue weighted by Gasteiger charge is -2.46. The molecule has 2 fully saturated rings. The summed E-state index contributed by atoms with van der Waals surface area (Å²) in [6.45, 7) is 1.33. The fourth-order valence-corrected chi connectivity index (χ4v) is 5.27. The third-order valence-electron chi connectivity index (χ3n) is 7.76. The van der Waals surface area contributed by atoms with Crippen LogP contribution in [0.5, 0.6) is 0 Å². The Morgan fingerprint density at radius 2 is 1.05 bits per heavy atom. The smallest absolute Gasteiger partial charge is 0.187 e. The van der Waals surface area contributed by atoms with Gasteiger partial charge in [0.25, 0.3) is 0 Å². The SMILES string of the molecule is CCCCCCCCCCCCCCCCO[C@@H]1[C@@H](O)[C@@H](O[C@H]2[C@H](O)[C@@H](O)[C@H](O)O[C@@H]2CO)O[C@H](CO)[C@H]1O. The molecule has 0 spiro atoms. The van der Waals surface area contributed by atoms with Crippen molar-refractivity contribution >= 4 is 0 Å². The first-order valence-corrected chi connectivity index (χ1v) is 15.1. The van der Waals surface area contributed by atoms with Crippen LogP contribution in [0.2, 0.25) is 0 Å². The van der Waals surface area contributed by atoms with Gasteiger partial charge in [0.15, 0.2) is 12.6 Å². The monoisotopic (exact) mass is 566 g/mol. The predicted molar refractivity (Wildman–Crippen MR) is 143 cm³/mol. The third-order valence-corrected chi connectivity index (χ3v) is 7.76. The summed E-state index contributed by atoms with van der Waals surface area (Å²) in [6, 6.07) is 0. The van der Waals surface area contributed by atoms with Crippen LogP contribution in [0.3, 0.4) is 0 Å². The number of ether oxygens (including phenoxy) is 4. The minimum Gasteiger partial charge on any atom is -0.394 e. The average molecular weight is 567 g/mol. The maximum Gasteiger partial charge on any atom is 0.187 e. The highest BCUT2D eigenvalue weighted by Crippen LogP contribution is 2.30. The maximum absolute atomic E-state index is 10.8. The second-order valence-corrected chi connectivity index (χ2v) is 11.0. The van der Waals surface area contributed by atoms with Crippen molar-refractivity contribution in [1.29, 1.82) is 0 Å². The zero-order chi connectivity index (χ0) is 28.6. The summed E-state index contributed by atoms with van der Waals surface area (Å²) in [5, 5.41) is 70.5. The standard InChI is InChI=1S/C28H54O11/c1-2-3-4-5-6-7-8-9-10-11-12-13-14-15-16-36-26-21(31)19(17-29)38-28(24(26)34)39-25-20(18-30)37-27(35)23(33)22(25)32/h19-35H,2-18H2,1H3/t19-,20-,21-,22-,23-,24-,25-,26+,27-,28-/m1/s1. The second kappa shape index (κ2) is 19.6. The van der Waals surface area contributed by atoms with Crippen molar-refractivity contribution in [3.05, 3.63) is 0 Å². The van der Waals surface area contributed by atoms with Crippen LogP contribution in [0.4, 0.5) is 0 Å². The van der Waals surface area contributed by atoms with Crippen LogP contribution in [0.15, 0.2) is 0 Å². The second-order valence-electron chi connectivity index (χ2n) is 11.0. The molecule has 0 radical (unpaired) electrons. The zero-order valence-electron chi connectivity index (χ0n) is 23.6. The summed E-state index contributed by atoms with van der Waals surface area (Å²) in [7, 11) is 0. The van der Waals surface area contributed by atoms with Gasteiger partial charge in [-0.25, -0.2) is 0 Å². The molecule has 0 aliphatic carbocycles. The summed E-state index contributed by atoms with van der Waals surface area (Å²) in [4.78, 5) is 0. The molecule has 2 rings (SSSR count). The van der Waals surface area contributed by atoms with Crippen molar-refractivity contribution in [2.24, 2.45) is 0 Å². The molecule has 0 bridgehead atoms. The van der Waals surface area contributed by atoms with Crippen molar-refractivity contribution in [2.75, 3.05) is 19.8 Å². The van der Waals surface area contributed by atoms with E-state index in [9.17, 15) is 35.7 Å². The van der Waals surface area contributed by atoms with Crippen LogP contribution >= 0.6 is 0 Å².